The van der Waals surface area contributed by atoms with Crippen molar-refractivity contribution < 1.29 is 27.6 Å². The van der Waals surface area contributed by atoms with Crippen molar-refractivity contribution in [3.05, 3.63) is 33.9 Å². The maximum absolute atomic E-state index is 12.5. The third-order valence-corrected chi connectivity index (χ3v) is 4.64. The van der Waals surface area contributed by atoms with E-state index in [1.807, 2.05) is 5.32 Å². The summed E-state index contributed by atoms with van der Waals surface area (Å²) in [6.07, 6.45) is -1.36. The van der Waals surface area contributed by atoms with E-state index < -0.39 is 22.4 Å². The van der Waals surface area contributed by atoms with Crippen molar-refractivity contribution in [2.75, 3.05) is 13.7 Å². The van der Waals surface area contributed by atoms with Crippen molar-refractivity contribution in [2.24, 2.45) is 0 Å². The zero-order valence-electron chi connectivity index (χ0n) is 13.7. The summed E-state index contributed by atoms with van der Waals surface area (Å²) in [5.74, 6) is -1.92. The maximum Gasteiger partial charge on any atom is 0.471 e. The average Bonchev–Trinajstić information content (AvgIpc) is 2.59. The molecule has 6 nitrogen and oxygen atoms in total. The van der Waals surface area contributed by atoms with Gasteiger partial charge in [0.15, 0.2) is 5.75 Å². The predicted molar refractivity (Wildman–Crippen MR) is 83.5 cm³/mol. The van der Waals surface area contributed by atoms with Gasteiger partial charge in [-0.1, -0.05) is 25.3 Å². The molecule has 2 rings (SSSR count). The van der Waals surface area contributed by atoms with Crippen LogP contribution < -0.4 is 10.1 Å². The van der Waals surface area contributed by atoms with Crippen LogP contribution in [0.2, 0.25) is 0 Å². The van der Waals surface area contributed by atoms with Crippen molar-refractivity contribution in [1.29, 1.82) is 0 Å². The van der Waals surface area contributed by atoms with Gasteiger partial charge in [-0.15, -0.1) is 0 Å². The lowest BCUT2D eigenvalue weighted by atomic mass is 9.69. The number of halogens is 3. The first-order chi connectivity index (χ1) is 11.7. The minimum absolute atomic E-state index is 0.0824. The lowest BCUT2D eigenvalue weighted by Gasteiger charge is -2.38. The molecule has 1 aromatic carbocycles. The third-order valence-electron chi connectivity index (χ3n) is 4.64. The molecule has 0 radical (unpaired) electrons. The Kier molecular flexibility index (Phi) is 5.54. The molecule has 0 spiro atoms. The van der Waals surface area contributed by atoms with Gasteiger partial charge in [-0.2, -0.15) is 13.2 Å². The first kappa shape index (κ1) is 19.0. The van der Waals surface area contributed by atoms with Gasteiger partial charge in [-0.05, 0) is 24.5 Å². The minimum atomic E-state index is -4.96. The molecule has 138 valence electrons. The molecule has 1 aliphatic carbocycles. The van der Waals surface area contributed by atoms with E-state index in [1.165, 1.54) is 19.2 Å². The number of nitrogens with zero attached hydrogens (tertiary/aromatic N) is 1. The summed E-state index contributed by atoms with van der Waals surface area (Å²) in [6, 6.07) is 4.40. The number of ether oxygens (including phenoxy) is 1. The van der Waals surface area contributed by atoms with E-state index in [0.717, 1.165) is 19.3 Å². The van der Waals surface area contributed by atoms with Crippen LogP contribution in [0, 0.1) is 10.1 Å². The summed E-state index contributed by atoms with van der Waals surface area (Å²) in [7, 11) is 1.31. The van der Waals surface area contributed by atoms with E-state index >= 15 is 0 Å². The standard InChI is InChI=1S/C16H19F3N2O4/c1-25-13-6-5-11(9-12(13)21(23)24)15(7-3-2-4-8-15)10-20-14(22)16(17,18)19/h5-6,9H,2-4,7-8,10H2,1H3,(H,20,22). The van der Waals surface area contributed by atoms with E-state index in [1.54, 1.807) is 6.07 Å². The summed E-state index contributed by atoms with van der Waals surface area (Å²) in [6.45, 7) is -0.213. The number of benzene rings is 1. The fraction of sp³-hybridized carbons (Fsp3) is 0.562. The second kappa shape index (κ2) is 7.28. The number of nitro benzene ring substituents is 1. The summed E-state index contributed by atoms with van der Waals surface area (Å²) < 4.78 is 42.4. The molecule has 1 aromatic rings. The highest BCUT2D eigenvalue weighted by molar-refractivity contribution is 5.81. The van der Waals surface area contributed by atoms with E-state index in [0.29, 0.717) is 18.4 Å². The molecule has 0 heterocycles. The van der Waals surface area contributed by atoms with Gasteiger partial charge < -0.3 is 10.1 Å². The van der Waals surface area contributed by atoms with Gasteiger partial charge in [0.05, 0.1) is 12.0 Å². The molecule has 0 aliphatic heterocycles. The number of alkyl halides is 3. The number of rotatable bonds is 5. The Hall–Kier alpha value is -2.32. The van der Waals surface area contributed by atoms with Crippen LogP contribution in [0.5, 0.6) is 5.75 Å². The van der Waals surface area contributed by atoms with Crippen LogP contribution in [0.25, 0.3) is 0 Å². The van der Waals surface area contributed by atoms with Crippen LogP contribution in [0.3, 0.4) is 0 Å². The van der Waals surface area contributed by atoms with Crippen molar-refractivity contribution in [3.8, 4) is 5.75 Å². The van der Waals surface area contributed by atoms with Gasteiger partial charge in [0.1, 0.15) is 0 Å². The van der Waals surface area contributed by atoms with Gasteiger partial charge in [0.25, 0.3) is 0 Å². The molecule has 9 heteroatoms. The predicted octanol–water partition coefficient (Wildman–Crippen LogP) is 3.48. The van der Waals surface area contributed by atoms with Crippen molar-refractivity contribution >= 4 is 11.6 Å². The van der Waals surface area contributed by atoms with Gasteiger partial charge >= 0.3 is 17.8 Å². The largest absolute Gasteiger partial charge is 0.490 e. The minimum Gasteiger partial charge on any atom is -0.490 e. The lowest BCUT2D eigenvalue weighted by Crippen LogP contribution is -2.46. The third kappa shape index (κ3) is 4.21. The van der Waals surface area contributed by atoms with Crippen LogP contribution in [-0.4, -0.2) is 30.7 Å². The Morgan fingerprint density at radius 2 is 1.96 bits per heavy atom. The molecular formula is C16H19F3N2O4. The zero-order chi connectivity index (χ0) is 18.7. The molecule has 1 amide bonds. The molecule has 1 aliphatic rings. The van der Waals surface area contributed by atoms with Crippen LogP contribution >= 0.6 is 0 Å². The van der Waals surface area contributed by atoms with Crippen molar-refractivity contribution in [1.82, 2.24) is 5.32 Å². The molecule has 0 saturated heterocycles. The summed E-state index contributed by atoms with van der Waals surface area (Å²) in [5.41, 5.74) is -0.454. The molecule has 1 fully saturated rings. The van der Waals surface area contributed by atoms with E-state index in [-0.39, 0.29) is 18.0 Å². The maximum atomic E-state index is 12.5. The molecule has 1 saturated carbocycles. The Morgan fingerprint density at radius 3 is 2.48 bits per heavy atom. The number of amides is 1. The van der Waals surface area contributed by atoms with Gasteiger partial charge in [-0.25, -0.2) is 0 Å². The SMILES string of the molecule is COc1ccc(C2(CNC(=O)C(F)(F)F)CCCCC2)cc1[N+](=O)[O-]. The number of carbonyl (C=O) groups is 1. The van der Waals surface area contributed by atoms with Gasteiger partial charge in [0.2, 0.25) is 0 Å². The van der Waals surface area contributed by atoms with Gasteiger partial charge in [-0.3, -0.25) is 14.9 Å². The highest BCUT2D eigenvalue weighted by atomic mass is 19.4. The molecule has 0 atom stereocenters. The second-order valence-electron chi connectivity index (χ2n) is 6.17. The van der Waals surface area contributed by atoms with Crippen LogP contribution in [0.4, 0.5) is 18.9 Å². The topological polar surface area (TPSA) is 81.5 Å². The molecule has 0 unspecified atom stereocenters. The number of nitro groups is 1. The normalized spacial score (nSPS) is 17.0. The number of carbonyl (C=O) groups excluding carboxylic acids is 1. The van der Waals surface area contributed by atoms with E-state index in [4.69, 9.17) is 4.74 Å². The van der Waals surface area contributed by atoms with Crippen molar-refractivity contribution in [3.63, 3.8) is 0 Å². The van der Waals surface area contributed by atoms with Crippen molar-refractivity contribution in [2.45, 2.75) is 43.7 Å². The zero-order valence-corrected chi connectivity index (χ0v) is 13.7. The van der Waals surface area contributed by atoms with Crippen LogP contribution in [-0.2, 0) is 10.2 Å². The average molecular weight is 360 g/mol. The molecule has 25 heavy (non-hydrogen) atoms. The van der Waals surface area contributed by atoms with Crippen LogP contribution in [0.1, 0.15) is 37.7 Å². The Morgan fingerprint density at radius 1 is 1.32 bits per heavy atom. The molecule has 0 bridgehead atoms. The Bertz CT molecular complexity index is 655. The smallest absolute Gasteiger partial charge is 0.471 e. The van der Waals surface area contributed by atoms with Crippen LogP contribution in [0.15, 0.2) is 18.2 Å². The monoisotopic (exact) mass is 360 g/mol. The Balaban J connectivity index is 2.35. The first-order valence-electron chi connectivity index (χ1n) is 7.87. The van der Waals surface area contributed by atoms with E-state index in [9.17, 15) is 28.1 Å². The second-order valence-corrected chi connectivity index (χ2v) is 6.17. The fourth-order valence-corrected chi connectivity index (χ4v) is 3.31. The summed E-state index contributed by atoms with van der Waals surface area (Å²) in [4.78, 5) is 21.8. The van der Waals surface area contributed by atoms with Gasteiger partial charge in [0, 0.05) is 18.0 Å². The number of hydrogen-bond acceptors (Lipinski definition) is 4. The fourth-order valence-electron chi connectivity index (χ4n) is 3.31. The number of nitrogens with one attached hydrogen (secondary N) is 1. The molecular weight excluding hydrogens is 341 g/mol. The first-order valence-corrected chi connectivity index (χ1v) is 7.87. The number of hydrogen-bond donors (Lipinski definition) is 1. The highest BCUT2D eigenvalue weighted by Crippen LogP contribution is 2.42. The molecule has 0 aromatic heterocycles. The Labute approximate surface area is 142 Å². The molecule has 1 N–H and O–H groups in total. The lowest BCUT2D eigenvalue weighted by molar-refractivity contribution is -0.385. The summed E-state index contributed by atoms with van der Waals surface area (Å²) in [5, 5.41) is 13.2. The highest BCUT2D eigenvalue weighted by Gasteiger charge is 2.42. The quantitative estimate of drug-likeness (QED) is 0.644. The summed E-state index contributed by atoms with van der Waals surface area (Å²) >= 11 is 0. The number of methoxy groups -OCH3 is 1. The van der Waals surface area contributed by atoms with E-state index in [2.05, 4.69) is 0 Å².